The summed E-state index contributed by atoms with van der Waals surface area (Å²) in [6.07, 6.45) is 1.87. The first-order valence-corrected chi connectivity index (χ1v) is 12.1. The Morgan fingerprint density at radius 3 is 2.47 bits per heavy atom. The number of carbonyl (C=O) groups is 1. The molecule has 0 unspecified atom stereocenters. The smallest absolute Gasteiger partial charge is 0.260 e. The fourth-order valence-electron chi connectivity index (χ4n) is 2.86. The molecule has 0 aliphatic carbocycles. The molecular weight excluding hydrogens is 465 g/mol. The number of fused-ring (bicyclic) bond motifs is 1. The van der Waals surface area contributed by atoms with E-state index in [1.54, 1.807) is 23.1 Å². The van der Waals surface area contributed by atoms with Gasteiger partial charge in [-0.3, -0.25) is 9.69 Å². The standard InChI is InChI=1S/C20H22ClN3O3S2.ClH/c1-23(2)11-6-12-24(20-22-18-16(21)9-5-10-17(18)28-20)19(25)14-7-4-8-15(13-14)29(3,26)27;/h4-5,7-10,13H,6,11-12H2,1-3H3;1H. The fourth-order valence-corrected chi connectivity index (χ4v) is 4.82. The summed E-state index contributed by atoms with van der Waals surface area (Å²) in [7, 11) is 0.531. The van der Waals surface area contributed by atoms with Crippen LogP contribution in [0.4, 0.5) is 5.13 Å². The van der Waals surface area contributed by atoms with E-state index in [2.05, 4.69) is 4.98 Å². The molecule has 0 spiro atoms. The third kappa shape index (κ3) is 5.70. The second-order valence-corrected chi connectivity index (χ2v) is 10.4. The summed E-state index contributed by atoms with van der Waals surface area (Å²) >= 11 is 7.64. The average molecular weight is 488 g/mol. The summed E-state index contributed by atoms with van der Waals surface area (Å²) in [6.45, 7) is 1.26. The molecule has 0 N–H and O–H groups in total. The number of carbonyl (C=O) groups excluding carboxylic acids is 1. The number of hydrogen-bond donors (Lipinski definition) is 0. The van der Waals surface area contributed by atoms with Gasteiger partial charge in [-0.2, -0.15) is 0 Å². The highest BCUT2D eigenvalue weighted by Gasteiger charge is 2.23. The molecule has 162 valence electrons. The molecule has 0 bridgehead atoms. The molecule has 0 aliphatic rings. The van der Waals surface area contributed by atoms with Gasteiger partial charge in [0.05, 0.1) is 14.6 Å². The lowest BCUT2D eigenvalue weighted by atomic mass is 10.2. The zero-order valence-electron chi connectivity index (χ0n) is 16.8. The van der Waals surface area contributed by atoms with Gasteiger partial charge in [0, 0.05) is 18.4 Å². The molecule has 2 aromatic carbocycles. The number of benzene rings is 2. The number of thiazole rings is 1. The number of amides is 1. The summed E-state index contributed by atoms with van der Waals surface area (Å²) in [4.78, 5) is 21.7. The predicted molar refractivity (Wildman–Crippen MR) is 126 cm³/mol. The maximum Gasteiger partial charge on any atom is 0.260 e. The number of aromatic nitrogens is 1. The number of sulfone groups is 1. The topological polar surface area (TPSA) is 70.6 Å². The molecule has 10 heteroatoms. The van der Waals surface area contributed by atoms with Crippen LogP contribution in [0.1, 0.15) is 16.8 Å². The minimum Gasteiger partial charge on any atom is -0.309 e. The molecule has 0 saturated heterocycles. The Hall–Kier alpha value is -1.71. The highest BCUT2D eigenvalue weighted by atomic mass is 35.5. The van der Waals surface area contributed by atoms with Gasteiger partial charge in [0.1, 0.15) is 5.52 Å². The van der Waals surface area contributed by atoms with Crippen LogP contribution >= 0.6 is 35.3 Å². The van der Waals surface area contributed by atoms with Crippen LogP contribution in [-0.4, -0.2) is 57.6 Å². The molecular formula is C20H23Cl2N3O3S2. The van der Waals surface area contributed by atoms with Crippen LogP contribution in [0, 0.1) is 0 Å². The van der Waals surface area contributed by atoms with E-state index in [4.69, 9.17) is 11.6 Å². The molecule has 30 heavy (non-hydrogen) atoms. The minimum absolute atomic E-state index is 0. The maximum absolute atomic E-state index is 13.3. The van der Waals surface area contributed by atoms with Gasteiger partial charge in [-0.05, 0) is 57.4 Å². The number of nitrogens with zero attached hydrogens (tertiary/aromatic N) is 3. The Kier molecular flexibility index (Phi) is 8.24. The molecule has 6 nitrogen and oxygen atoms in total. The van der Waals surface area contributed by atoms with Crippen LogP contribution in [0.5, 0.6) is 0 Å². The van der Waals surface area contributed by atoms with Gasteiger partial charge in [-0.1, -0.05) is 35.1 Å². The summed E-state index contributed by atoms with van der Waals surface area (Å²) in [5, 5.41) is 1.08. The van der Waals surface area contributed by atoms with Gasteiger partial charge >= 0.3 is 0 Å². The van der Waals surface area contributed by atoms with Crippen molar-refractivity contribution in [1.29, 1.82) is 0 Å². The number of halogens is 2. The van der Waals surface area contributed by atoms with Crippen molar-refractivity contribution < 1.29 is 13.2 Å². The molecule has 1 amide bonds. The van der Waals surface area contributed by atoms with Crippen molar-refractivity contribution in [2.24, 2.45) is 0 Å². The second kappa shape index (κ2) is 10.1. The van der Waals surface area contributed by atoms with Gasteiger partial charge in [0.25, 0.3) is 5.91 Å². The van der Waals surface area contributed by atoms with Crippen LogP contribution in [0.2, 0.25) is 5.02 Å². The van der Waals surface area contributed by atoms with Crippen molar-refractivity contribution in [3.8, 4) is 0 Å². The molecule has 3 rings (SSSR count). The van der Waals surface area contributed by atoms with Crippen LogP contribution in [-0.2, 0) is 9.84 Å². The zero-order valence-corrected chi connectivity index (χ0v) is 20.0. The van der Waals surface area contributed by atoms with E-state index < -0.39 is 9.84 Å². The van der Waals surface area contributed by atoms with Crippen LogP contribution in [0.3, 0.4) is 0 Å². The molecule has 0 fully saturated rings. The molecule has 0 saturated carbocycles. The summed E-state index contributed by atoms with van der Waals surface area (Å²) in [5.41, 5.74) is 0.965. The summed E-state index contributed by atoms with van der Waals surface area (Å²) in [6, 6.07) is 11.6. The lowest BCUT2D eigenvalue weighted by molar-refractivity contribution is 0.0986. The van der Waals surface area contributed by atoms with Crippen molar-refractivity contribution in [2.45, 2.75) is 11.3 Å². The Bertz CT molecular complexity index is 1150. The molecule has 0 radical (unpaired) electrons. The van der Waals surface area contributed by atoms with Crippen molar-refractivity contribution >= 4 is 66.4 Å². The summed E-state index contributed by atoms with van der Waals surface area (Å²) < 4.78 is 24.7. The van der Waals surface area contributed by atoms with Gasteiger partial charge in [-0.25, -0.2) is 13.4 Å². The Labute approximate surface area is 191 Å². The van der Waals surface area contributed by atoms with Crippen molar-refractivity contribution in [3.63, 3.8) is 0 Å². The van der Waals surface area contributed by atoms with Crippen LogP contribution < -0.4 is 4.90 Å². The number of rotatable bonds is 7. The Morgan fingerprint density at radius 1 is 1.13 bits per heavy atom. The van der Waals surface area contributed by atoms with Crippen LogP contribution in [0.15, 0.2) is 47.4 Å². The Balaban J connectivity index is 0.00000320. The third-order valence-electron chi connectivity index (χ3n) is 4.33. The first kappa shape index (κ1) is 24.6. The van der Waals surface area contributed by atoms with Crippen LogP contribution in [0.25, 0.3) is 10.2 Å². The van der Waals surface area contributed by atoms with Gasteiger partial charge in [0.15, 0.2) is 15.0 Å². The van der Waals surface area contributed by atoms with E-state index in [0.29, 0.717) is 27.8 Å². The second-order valence-electron chi connectivity index (χ2n) is 7.00. The zero-order chi connectivity index (χ0) is 21.2. The number of anilines is 1. The lowest BCUT2D eigenvalue weighted by Gasteiger charge is -2.21. The van der Waals surface area contributed by atoms with E-state index >= 15 is 0 Å². The highest BCUT2D eigenvalue weighted by molar-refractivity contribution is 7.90. The van der Waals surface area contributed by atoms with Gasteiger partial charge in [-0.15, -0.1) is 12.4 Å². The average Bonchev–Trinajstić information content (AvgIpc) is 3.09. The third-order valence-corrected chi connectivity index (χ3v) is 6.79. The van der Waals surface area contributed by atoms with E-state index in [0.717, 1.165) is 23.9 Å². The Morgan fingerprint density at radius 2 is 1.83 bits per heavy atom. The van der Waals surface area contributed by atoms with E-state index in [9.17, 15) is 13.2 Å². The quantitative estimate of drug-likeness (QED) is 0.494. The minimum atomic E-state index is -3.41. The van der Waals surface area contributed by atoms with Gasteiger partial charge < -0.3 is 4.90 Å². The first-order chi connectivity index (χ1) is 13.7. The van der Waals surface area contributed by atoms with E-state index in [1.807, 2.05) is 31.1 Å². The molecule has 0 aliphatic heterocycles. The van der Waals surface area contributed by atoms with Crippen molar-refractivity contribution in [3.05, 3.63) is 53.1 Å². The highest BCUT2D eigenvalue weighted by Crippen LogP contribution is 2.33. The molecule has 1 heterocycles. The van der Waals surface area contributed by atoms with Crippen molar-refractivity contribution in [1.82, 2.24) is 9.88 Å². The number of para-hydroxylation sites is 1. The summed E-state index contributed by atoms with van der Waals surface area (Å²) in [5.74, 6) is -0.288. The predicted octanol–water partition coefficient (Wildman–Crippen LogP) is 4.37. The lowest BCUT2D eigenvalue weighted by Crippen LogP contribution is -2.33. The largest absolute Gasteiger partial charge is 0.309 e. The first-order valence-electron chi connectivity index (χ1n) is 8.98. The number of hydrogen-bond acceptors (Lipinski definition) is 6. The van der Waals surface area contributed by atoms with E-state index in [1.165, 1.54) is 23.5 Å². The molecule has 3 aromatic rings. The fraction of sp³-hybridized carbons (Fsp3) is 0.300. The molecule has 0 atom stereocenters. The molecule has 1 aromatic heterocycles. The normalized spacial score (nSPS) is 11.5. The van der Waals surface area contributed by atoms with E-state index in [-0.39, 0.29) is 23.2 Å². The SMILES string of the molecule is CN(C)CCCN(C(=O)c1cccc(S(C)(=O)=O)c1)c1nc2c(Cl)cccc2s1.Cl. The van der Waals surface area contributed by atoms with Crippen molar-refractivity contribution in [2.75, 3.05) is 38.3 Å². The maximum atomic E-state index is 13.3. The van der Waals surface area contributed by atoms with Gasteiger partial charge in [0.2, 0.25) is 0 Å². The monoisotopic (exact) mass is 487 g/mol.